The minimum absolute atomic E-state index is 0.0416. The molecule has 2 aromatic heterocycles. The van der Waals surface area contributed by atoms with E-state index in [9.17, 15) is 4.79 Å². The molecule has 4 rings (SSSR count). The molecule has 184 valence electrons. The second-order valence-electron chi connectivity index (χ2n) is 9.94. The standard InChI is InChI=1S/C28H39N3O3/c1-20(2)34-27-13-15-29-18-25(27)28(21(3)32)31-16-14-24(19-31)33-17-7-6-9-23-12-11-22-8-4-5-10-26(22)30-23/h11-13,15,18,20,24,28H,4-10,14,16-17,19H2,1-3H3/t24-,28?/m1/s1. The first kappa shape index (κ1) is 24.8. The summed E-state index contributed by atoms with van der Waals surface area (Å²) in [7, 11) is 0. The molecule has 1 unspecified atom stereocenters. The van der Waals surface area contributed by atoms with Crippen molar-refractivity contribution in [1.82, 2.24) is 14.9 Å². The highest BCUT2D eigenvalue weighted by Gasteiger charge is 2.34. The van der Waals surface area contributed by atoms with Gasteiger partial charge in [0.05, 0.1) is 18.2 Å². The van der Waals surface area contributed by atoms with Crippen molar-refractivity contribution < 1.29 is 14.3 Å². The fourth-order valence-corrected chi connectivity index (χ4v) is 5.18. The van der Waals surface area contributed by atoms with Gasteiger partial charge in [0.2, 0.25) is 0 Å². The van der Waals surface area contributed by atoms with E-state index in [1.165, 1.54) is 36.2 Å². The first-order valence-electron chi connectivity index (χ1n) is 13.0. The fourth-order valence-electron chi connectivity index (χ4n) is 5.18. The molecule has 0 aromatic carbocycles. The predicted molar refractivity (Wildman–Crippen MR) is 133 cm³/mol. The normalized spacial score (nSPS) is 19.2. The van der Waals surface area contributed by atoms with Gasteiger partial charge < -0.3 is 9.47 Å². The average molecular weight is 466 g/mol. The minimum atomic E-state index is -0.342. The van der Waals surface area contributed by atoms with E-state index in [2.05, 4.69) is 22.0 Å². The van der Waals surface area contributed by atoms with Crippen LogP contribution in [0.1, 0.15) is 81.4 Å². The van der Waals surface area contributed by atoms with Crippen LogP contribution in [0.2, 0.25) is 0 Å². The highest BCUT2D eigenvalue weighted by Crippen LogP contribution is 2.33. The zero-order chi connectivity index (χ0) is 23.9. The zero-order valence-electron chi connectivity index (χ0n) is 21.0. The number of unbranched alkanes of at least 4 members (excludes halogenated alkanes) is 1. The van der Waals surface area contributed by atoms with Gasteiger partial charge in [-0.15, -0.1) is 0 Å². The molecule has 2 aliphatic rings. The van der Waals surface area contributed by atoms with Gasteiger partial charge in [-0.2, -0.15) is 0 Å². The highest BCUT2D eigenvalue weighted by molar-refractivity contribution is 5.83. The van der Waals surface area contributed by atoms with E-state index in [-0.39, 0.29) is 24.0 Å². The number of hydrogen-bond donors (Lipinski definition) is 0. The first-order chi connectivity index (χ1) is 16.5. The molecule has 1 aliphatic heterocycles. The summed E-state index contributed by atoms with van der Waals surface area (Å²) in [4.78, 5) is 24.0. The first-order valence-corrected chi connectivity index (χ1v) is 13.0. The van der Waals surface area contributed by atoms with Crippen molar-refractivity contribution in [2.75, 3.05) is 19.7 Å². The molecule has 6 heteroatoms. The number of pyridine rings is 2. The van der Waals surface area contributed by atoms with Crippen LogP contribution in [0.25, 0.3) is 0 Å². The number of aryl methyl sites for hydroxylation is 3. The minimum Gasteiger partial charge on any atom is -0.491 e. The molecule has 1 saturated heterocycles. The third-order valence-electron chi connectivity index (χ3n) is 6.81. The maximum atomic E-state index is 12.6. The number of fused-ring (bicyclic) bond motifs is 1. The van der Waals surface area contributed by atoms with Gasteiger partial charge in [-0.1, -0.05) is 6.07 Å². The Labute approximate surface area is 204 Å². The van der Waals surface area contributed by atoms with Gasteiger partial charge in [0, 0.05) is 49.0 Å². The lowest BCUT2D eigenvalue weighted by Gasteiger charge is -2.27. The number of rotatable bonds is 11. The number of ether oxygens (including phenoxy) is 2. The number of nitrogens with zero attached hydrogens (tertiary/aromatic N) is 3. The topological polar surface area (TPSA) is 64.5 Å². The third kappa shape index (κ3) is 6.42. The summed E-state index contributed by atoms with van der Waals surface area (Å²) in [5.74, 6) is 0.852. The van der Waals surface area contributed by atoms with Crippen LogP contribution in [0.15, 0.2) is 30.6 Å². The lowest BCUT2D eigenvalue weighted by Crippen LogP contribution is -2.33. The van der Waals surface area contributed by atoms with Crippen molar-refractivity contribution in [2.24, 2.45) is 0 Å². The van der Waals surface area contributed by atoms with Gasteiger partial charge in [-0.05, 0) is 89.8 Å². The summed E-state index contributed by atoms with van der Waals surface area (Å²) in [6, 6.07) is 6.00. The zero-order valence-corrected chi connectivity index (χ0v) is 21.0. The Kier molecular flexibility index (Phi) is 8.68. The van der Waals surface area contributed by atoms with Crippen LogP contribution in [-0.4, -0.2) is 52.6 Å². The molecule has 2 atom stereocenters. The Bertz CT molecular complexity index is 962. The van der Waals surface area contributed by atoms with Gasteiger partial charge in [0.1, 0.15) is 5.75 Å². The van der Waals surface area contributed by atoms with Crippen LogP contribution in [-0.2, 0) is 28.8 Å². The second-order valence-corrected chi connectivity index (χ2v) is 9.94. The molecule has 34 heavy (non-hydrogen) atoms. The smallest absolute Gasteiger partial charge is 0.151 e. The molecule has 0 bridgehead atoms. The molecular weight excluding hydrogens is 426 g/mol. The van der Waals surface area contributed by atoms with Crippen molar-refractivity contribution in [3.05, 3.63) is 53.1 Å². The fraction of sp³-hybridized carbons (Fsp3) is 0.607. The summed E-state index contributed by atoms with van der Waals surface area (Å²) in [6.07, 6.45) is 12.7. The molecule has 1 fully saturated rings. The molecular formula is C28H39N3O3. The Morgan fingerprint density at radius 2 is 2.03 bits per heavy atom. The van der Waals surface area contributed by atoms with E-state index in [1.54, 1.807) is 19.3 Å². The van der Waals surface area contributed by atoms with Gasteiger partial charge in [-0.25, -0.2) is 0 Å². The predicted octanol–water partition coefficient (Wildman–Crippen LogP) is 4.89. The molecule has 0 radical (unpaired) electrons. The number of ketones is 1. The van der Waals surface area contributed by atoms with E-state index >= 15 is 0 Å². The maximum absolute atomic E-state index is 12.6. The number of carbonyl (C=O) groups excluding carboxylic acids is 1. The van der Waals surface area contributed by atoms with Gasteiger partial charge in [0.25, 0.3) is 0 Å². The summed E-state index contributed by atoms with van der Waals surface area (Å²) in [5.41, 5.74) is 4.83. The molecule has 0 saturated carbocycles. The number of Topliss-reactive ketones (excluding diaryl/α,β-unsaturated/α-hetero) is 1. The third-order valence-corrected chi connectivity index (χ3v) is 6.81. The van der Waals surface area contributed by atoms with Crippen LogP contribution < -0.4 is 4.74 Å². The molecule has 0 amide bonds. The summed E-state index contributed by atoms with van der Waals surface area (Å²) >= 11 is 0. The van der Waals surface area contributed by atoms with E-state index in [0.29, 0.717) is 0 Å². The summed E-state index contributed by atoms with van der Waals surface area (Å²) in [5, 5.41) is 0. The Hall–Kier alpha value is -2.31. The molecule has 3 heterocycles. The number of likely N-dealkylation sites (tertiary alicyclic amines) is 1. The van der Waals surface area contributed by atoms with E-state index in [1.807, 2.05) is 19.9 Å². The van der Waals surface area contributed by atoms with Gasteiger partial charge >= 0.3 is 0 Å². The van der Waals surface area contributed by atoms with Gasteiger partial charge in [-0.3, -0.25) is 19.7 Å². The molecule has 1 aliphatic carbocycles. The van der Waals surface area contributed by atoms with Crippen molar-refractivity contribution in [3.63, 3.8) is 0 Å². The van der Waals surface area contributed by atoms with Crippen LogP contribution in [0.5, 0.6) is 5.75 Å². The van der Waals surface area contributed by atoms with E-state index < -0.39 is 0 Å². The van der Waals surface area contributed by atoms with Crippen LogP contribution in [0.4, 0.5) is 0 Å². The Balaban J connectivity index is 1.24. The monoisotopic (exact) mass is 465 g/mol. The average Bonchev–Trinajstić information content (AvgIpc) is 3.27. The number of hydrogen-bond acceptors (Lipinski definition) is 6. The molecule has 0 spiro atoms. The number of carbonyl (C=O) groups is 1. The maximum Gasteiger partial charge on any atom is 0.151 e. The lowest BCUT2D eigenvalue weighted by molar-refractivity contribution is -0.122. The molecule has 6 nitrogen and oxygen atoms in total. The van der Waals surface area contributed by atoms with Gasteiger partial charge in [0.15, 0.2) is 5.78 Å². The van der Waals surface area contributed by atoms with Crippen molar-refractivity contribution in [2.45, 2.75) is 90.4 Å². The Morgan fingerprint density at radius 1 is 1.18 bits per heavy atom. The van der Waals surface area contributed by atoms with Crippen molar-refractivity contribution >= 4 is 5.78 Å². The number of aromatic nitrogens is 2. The largest absolute Gasteiger partial charge is 0.491 e. The Morgan fingerprint density at radius 3 is 2.85 bits per heavy atom. The second kappa shape index (κ2) is 11.9. The van der Waals surface area contributed by atoms with Crippen LogP contribution >= 0.6 is 0 Å². The lowest BCUT2D eigenvalue weighted by atomic mass is 9.95. The van der Waals surface area contributed by atoms with Crippen molar-refractivity contribution in [3.8, 4) is 5.75 Å². The van der Waals surface area contributed by atoms with Crippen LogP contribution in [0.3, 0.4) is 0 Å². The van der Waals surface area contributed by atoms with E-state index in [0.717, 1.165) is 63.1 Å². The van der Waals surface area contributed by atoms with Crippen molar-refractivity contribution in [1.29, 1.82) is 0 Å². The highest BCUT2D eigenvalue weighted by atomic mass is 16.5. The van der Waals surface area contributed by atoms with Crippen LogP contribution in [0, 0.1) is 0 Å². The summed E-state index contributed by atoms with van der Waals surface area (Å²) in [6.45, 7) is 7.99. The van der Waals surface area contributed by atoms with E-state index in [4.69, 9.17) is 14.5 Å². The summed E-state index contributed by atoms with van der Waals surface area (Å²) < 4.78 is 12.2. The molecule has 2 aromatic rings. The molecule has 0 N–H and O–H groups in total. The quantitative estimate of drug-likeness (QED) is 0.441. The SMILES string of the molecule is CC(=O)C(c1cnccc1OC(C)C)N1CC[C@@H](OCCCCc2ccc3c(n2)CCCC3)C1.